The van der Waals surface area contributed by atoms with Gasteiger partial charge in [0.2, 0.25) is 0 Å². The summed E-state index contributed by atoms with van der Waals surface area (Å²) >= 11 is 0. The highest BCUT2D eigenvalue weighted by Crippen LogP contribution is 2.17. The lowest BCUT2D eigenvalue weighted by atomic mass is 9.97. The SMILES string of the molecule is COCCNC(=O)NCCC1CCOCC1. The summed E-state index contributed by atoms with van der Waals surface area (Å²) in [4.78, 5) is 11.3. The highest BCUT2D eigenvalue weighted by Gasteiger charge is 2.13. The lowest BCUT2D eigenvalue weighted by Gasteiger charge is -2.21. The van der Waals surface area contributed by atoms with Crippen LogP contribution in [-0.2, 0) is 9.47 Å². The minimum atomic E-state index is -0.107. The van der Waals surface area contributed by atoms with E-state index in [0.717, 1.165) is 39.0 Å². The second kappa shape index (κ2) is 8.35. The lowest BCUT2D eigenvalue weighted by molar-refractivity contribution is 0.0642. The predicted octanol–water partition coefficient (Wildman–Crippen LogP) is 0.749. The maximum atomic E-state index is 11.3. The zero-order chi connectivity index (χ0) is 11.6. The molecule has 94 valence electrons. The van der Waals surface area contributed by atoms with Gasteiger partial charge in [-0.1, -0.05) is 0 Å². The number of carbonyl (C=O) groups excluding carboxylic acids is 1. The highest BCUT2D eigenvalue weighted by atomic mass is 16.5. The molecule has 0 spiro atoms. The Labute approximate surface area is 96.9 Å². The van der Waals surface area contributed by atoms with Crippen molar-refractivity contribution in [2.75, 3.05) is 40.0 Å². The number of urea groups is 1. The molecule has 0 aromatic rings. The third-order valence-corrected chi connectivity index (χ3v) is 2.77. The van der Waals surface area contributed by atoms with Crippen LogP contribution in [0.25, 0.3) is 0 Å². The van der Waals surface area contributed by atoms with E-state index in [1.165, 1.54) is 0 Å². The van der Waals surface area contributed by atoms with Crippen LogP contribution in [0.5, 0.6) is 0 Å². The third kappa shape index (κ3) is 5.92. The summed E-state index contributed by atoms with van der Waals surface area (Å²) < 4.78 is 10.1. The zero-order valence-electron chi connectivity index (χ0n) is 9.96. The number of carbonyl (C=O) groups is 1. The summed E-state index contributed by atoms with van der Waals surface area (Å²) in [5.41, 5.74) is 0. The smallest absolute Gasteiger partial charge is 0.314 e. The van der Waals surface area contributed by atoms with E-state index in [4.69, 9.17) is 9.47 Å². The van der Waals surface area contributed by atoms with E-state index in [1.807, 2.05) is 0 Å². The first-order chi connectivity index (χ1) is 7.83. The normalized spacial score (nSPS) is 17.1. The fraction of sp³-hybridized carbons (Fsp3) is 0.909. The molecule has 2 amide bonds. The third-order valence-electron chi connectivity index (χ3n) is 2.77. The fourth-order valence-electron chi connectivity index (χ4n) is 1.75. The lowest BCUT2D eigenvalue weighted by Crippen LogP contribution is -2.38. The summed E-state index contributed by atoms with van der Waals surface area (Å²) in [5.74, 6) is 0.702. The van der Waals surface area contributed by atoms with Gasteiger partial charge in [0.25, 0.3) is 0 Å². The van der Waals surface area contributed by atoms with Crippen LogP contribution in [0.1, 0.15) is 19.3 Å². The molecule has 1 rings (SSSR count). The van der Waals surface area contributed by atoms with Gasteiger partial charge in [0.15, 0.2) is 0 Å². The van der Waals surface area contributed by atoms with Crippen molar-refractivity contribution >= 4 is 6.03 Å². The van der Waals surface area contributed by atoms with Crippen molar-refractivity contribution in [3.8, 4) is 0 Å². The molecule has 0 aromatic carbocycles. The maximum Gasteiger partial charge on any atom is 0.314 e. The van der Waals surface area contributed by atoms with Gasteiger partial charge in [0.1, 0.15) is 0 Å². The molecule has 2 N–H and O–H groups in total. The summed E-state index contributed by atoms with van der Waals surface area (Å²) in [6.45, 7) is 3.58. The Morgan fingerprint density at radius 3 is 2.69 bits per heavy atom. The zero-order valence-corrected chi connectivity index (χ0v) is 9.96. The van der Waals surface area contributed by atoms with E-state index in [1.54, 1.807) is 7.11 Å². The molecule has 1 aliphatic heterocycles. The van der Waals surface area contributed by atoms with E-state index in [9.17, 15) is 4.79 Å². The number of ether oxygens (including phenoxy) is 2. The molecule has 16 heavy (non-hydrogen) atoms. The van der Waals surface area contributed by atoms with E-state index in [0.29, 0.717) is 19.1 Å². The Morgan fingerprint density at radius 1 is 1.31 bits per heavy atom. The molecule has 1 saturated heterocycles. The standard InChI is InChI=1S/C11H22N2O3/c1-15-9-6-13-11(14)12-5-2-10-3-7-16-8-4-10/h10H,2-9H2,1H3,(H2,12,13,14). The van der Waals surface area contributed by atoms with Gasteiger partial charge in [0, 0.05) is 33.4 Å². The van der Waals surface area contributed by atoms with Gasteiger partial charge < -0.3 is 20.1 Å². The Morgan fingerprint density at radius 2 is 2.00 bits per heavy atom. The van der Waals surface area contributed by atoms with Gasteiger partial charge in [-0.25, -0.2) is 4.79 Å². The molecule has 5 nitrogen and oxygen atoms in total. The first-order valence-electron chi connectivity index (χ1n) is 5.91. The Kier molecular flexibility index (Phi) is 6.92. The van der Waals surface area contributed by atoms with Gasteiger partial charge in [-0.05, 0) is 25.2 Å². The summed E-state index contributed by atoms with van der Waals surface area (Å²) in [6, 6.07) is -0.107. The largest absolute Gasteiger partial charge is 0.383 e. The van der Waals surface area contributed by atoms with Crippen molar-refractivity contribution < 1.29 is 14.3 Å². The molecule has 1 aliphatic rings. The molecule has 0 unspecified atom stereocenters. The number of hydrogen-bond acceptors (Lipinski definition) is 3. The average molecular weight is 230 g/mol. The molecular weight excluding hydrogens is 208 g/mol. The Hall–Kier alpha value is -0.810. The molecule has 0 radical (unpaired) electrons. The van der Waals surface area contributed by atoms with Crippen LogP contribution in [0.2, 0.25) is 0 Å². The second-order valence-electron chi connectivity index (χ2n) is 4.02. The number of nitrogens with one attached hydrogen (secondary N) is 2. The van der Waals surface area contributed by atoms with Crippen molar-refractivity contribution in [3.05, 3.63) is 0 Å². The van der Waals surface area contributed by atoms with Gasteiger partial charge in [0.05, 0.1) is 6.61 Å². The van der Waals surface area contributed by atoms with Crippen LogP contribution < -0.4 is 10.6 Å². The van der Waals surface area contributed by atoms with Crippen molar-refractivity contribution in [3.63, 3.8) is 0 Å². The monoisotopic (exact) mass is 230 g/mol. The number of rotatable bonds is 6. The quantitative estimate of drug-likeness (QED) is 0.662. The predicted molar refractivity (Wildman–Crippen MR) is 61.4 cm³/mol. The van der Waals surface area contributed by atoms with Crippen LogP contribution in [0.3, 0.4) is 0 Å². The Bertz CT molecular complexity index is 194. The van der Waals surface area contributed by atoms with E-state index in [2.05, 4.69) is 10.6 Å². The molecule has 0 bridgehead atoms. The van der Waals surface area contributed by atoms with Crippen molar-refractivity contribution in [1.29, 1.82) is 0 Å². The van der Waals surface area contributed by atoms with Gasteiger partial charge >= 0.3 is 6.03 Å². The molecule has 1 heterocycles. The molecule has 0 saturated carbocycles. The topological polar surface area (TPSA) is 59.6 Å². The van der Waals surface area contributed by atoms with Crippen LogP contribution in [0, 0.1) is 5.92 Å². The van der Waals surface area contributed by atoms with Crippen LogP contribution in [-0.4, -0.2) is 46.1 Å². The summed E-state index contributed by atoms with van der Waals surface area (Å²) in [5, 5.41) is 5.56. The van der Waals surface area contributed by atoms with Crippen molar-refractivity contribution in [2.45, 2.75) is 19.3 Å². The van der Waals surface area contributed by atoms with Crippen molar-refractivity contribution in [1.82, 2.24) is 10.6 Å². The minimum Gasteiger partial charge on any atom is -0.383 e. The Balaban J connectivity index is 1.94. The van der Waals surface area contributed by atoms with Gasteiger partial charge in [-0.2, -0.15) is 0 Å². The number of amides is 2. The van der Waals surface area contributed by atoms with Crippen LogP contribution >= 0.6 is 0 Å². The van der Waals surface area contributed by atoms with Crippen LogP contribution in [0.15, 0.2) is 0 Å². The van der Waals surface area contributed by atoms with E-state index >= 15 is 0 Å². The van der Waals surface area contributed by atoms with E-state index < -0.39 is 0 Å². The first kappa shape index (κ1) is 13.3. The maximum absolute atomic E-state index is 11.3. The molecule has 5 heteroatoms. The molecule has 0 atom stereocenters. The van der Waals surface area contributed by atoms with Gasteiger partial charge in [-0.15, -0.1) is 0 Å². The minimum absolute atomic E-state index is 0.107. The van der Waals surface area contributed by atoms with Crippen molar-refractivity contribution in [2.24, 2.45) is 5.92 Å². The van der Waals surface area contributed by atoms with Crippen LogP contribution in [0.4, 0.5) is 4.79 Å². The number of hydrogen-bond donors (Lipinski definition) is 2. The summed E-state index contributed by atoms with van der Waals surface area (Å²) in [6.07, 6.45) is 3.28. The molecule has 0 aliphatic carbocycles. The molecular formula is C11H22N2O3. The molecule has 0 aromatic heterocycles. The average Bonchev–Trinajstić information content (AvgIpc) is 2.31. The molecule has 1 fully saturated rings. The number of methoxy groups -OCH3 is 1. The van der Waals surface area contributed by atoms with E-state index in [-0.39, 0.29) is 6.03 Å². The second-order valence-corrected chi connectivity index (χ2v) is 4.02. The summed E-state index contributed by atoms with van der Waals surface area (Å²) in [7, 11) is 1.62. The fourth-order valence-corrected chi connectivity index (χ4v) is 1.75. The highest BCUT2D eigenvalue weighted by molar-refractivity contribution is 5.73. The van der Waals surface area contributed by atoms with Gasteiger partial charge in [-0.3, -0.25) is 0 Å². The first-order valence-corrected chi connectivity index (χ1v) is 5.91.